The fourth-order valence-electron chi connectivity index (χ4n) is 5.04. The van der Waals surface area contributed by atoms with E-state index in [0.717, 1.165) is 30.0 Å². The summed E-state index contributed by atoms with van der Waals surface area (Å²) in [7, 11) is 0. The van der Waals surface area contributed by atoms with Gasteiger partial charge in [0.2, 0.25) is 0 Å². The van der Waals surface area contributed by atoms with Crippen LogP contribution in [-0.2, 0) is 19.1 Å². The van der Waals surface area contributed by atoms with E-state index in [1.807, 2.05) is 38.3 Å². The topological polar surface area (TPSA) is 109 Å². The number of aromatic nitrogens is 1. The van der Waals surface area contributed by atoms with E-state index in [1.54, 1.807) is 25.2 Å². The lowest BCUT2D eigenvalue weighted by Gasteiger charge is -2.35. The number of hydrogen-bond acceptors (Lipinski definition) is 8. The summed E-state index contributed by atoms with van der Waals surface area (Å²) in [6, 6.07) is 0. The predicted molar refractivity (Wildman–Crippen MR) is 136 cm³/mol. The minimum Gasteiger partial charge on any atom is -0.458 e. The number of aliphatic hydroxyl groups excluding tert-OH is 2. The van der Waals surface area contributed by atoms with Gasteiger partial charge in [-0.25, -0.2) is 4.98 Å². The molecular weight excluding hydrogens is 466 g/mol. The maximum Gasteiger partial charge on any atom is 0.309 e. The summed E-state index contributed by atoms with van der Waals surface area (Å²) in [5, 5.41) is 24.8. The first-order valence-electron chi connectivity index (χ1n) is 12.8. The number of thiazole rings is 1. The van der Waals surface area contributed by atoms with Crippen molar-refractivity contribution in [3.63, 3.8) is 0 Å². The Kier molecular flexibility index (Phi) is 8.95. The van der Waals surface area contributed by atoms with E-state index in [4.69, 9.17) is 9.47 Å². The Morgan fingerprint density at radius 1 is 1.26 bits per heavy atom. The Morgan fingerprint density at radius 2 is 1.97 bits per heavy atom. The van der Waals surface area contributed by atoms with Gasteiger partial charge in [0.05, 0.1) is 46.5 Å². The molecule has 0 spiro atoms. The van der Waals surface area contributed by atoms with E-state index >= 15 is 0 Å². The fraction of sp³-hybridized carbons (Fsp3) is 0.741. The van der Waals surface area contributed by atoms with Gasteiger partial charge < -0.3 is 19.7 Å². The number of carbonyl (C=O) groups excluding carboxylic acids is 2. The van der Waals surface area contributed by atoms with Gasteiger partial charge in [-0.1, -0.05) is 34.1 Å². The lowest BCUT2D eigenvalue weighted by molar-refractivity contribution is -0.154. The number of ketones is 1. The number of cyclic esters (lactones) is 1. The monoisotopic (exact) mass is 507 g/mol. The van der Waals surface area contributed by atoms with Crippen molar-refractivity contribution in [2.75, 3.05) is 0 Å². The summed E-state index contributed by atoms with van der Waals surface area (Å²) < 4.78 is 11.8. The van der Waals surface area contributed by atoms with Gasteiger partial charge in [0, 0.05) is 17.7 Å². The molecule has 0 saturated carbocycles. The molecule has 1 aromatic rings. The Labute approximate surface area is 212 Å². The van der Waals surface area contributed by atoms with Crippen LogP contribution in [0.5, 0.6) is 0 Å². The van der Waals surface area contributed by atoms with Crippen LogP contribution in [0.15, 0.2) is 11.5 Å². The molecule has 0 amide bonds. The zero-order chi connectivity index (χ0) is 26.0. The van der Waals surface area contributed by atoms with E-state index in [0.29, 0.717) is 12.8 Å². The standard InChI is InChI=1S/C27H41NO6S/c1-7-20-24(31)16(2)9-8-12-27(6)22(34-27)13-19(11-10-18-15-35-17(3)28-18)33-23(30)14-21(29)26(4,5)25(20)32/h10-11,15-16,19-22,24,29,31H,7-9,12-14H2,1-6H3/t16-,19?,20+,21?,22?,24-,27+/m0/s1. The fourth-order valence-corrected chi connectivity index (χ4v) is 5.62. The second-order valence-electron chi connectivity index (χ2n) is 11.0. The molecule has 0 bridgehead atoms. The van der Waals surface area contributed by atoms with Gasteiger partial charge in [0.1, 0.15) is 11.9 Å². The first kappa shape index (κ1) is 28.0. The normalized spacial score (nSPS) is 37.1. The highest BCUT2D eigenvalue weighted by atomic mass is 32.1. The van der Waals surface area contributed by atoms with Crippen molar-refractivity contribution in [2.24, 2.45) is 17.3 Å². The third-order valence-electron chi connectivity index (χ3n) is 7.82. The molecule has 7 atom stereocenters. The minimum absolute atomic E-state index is 0.0402. The summed E-state index contributed by atoms with van der Waals surface area (Å²) in [6.45, 7) is 11.1. The smallest absolute Gasteiger partial charge is 0.309 e. The zero-order valence-corrected chi connectivity index (χ0v) is 22.6. The number of ether oxygens (including phenoxy) is 2. The van der Waals surface area contributed by atoms with Crippen LogP contribution in [0.3, 0.4) is 0 Å². The second-order valence-corrected chi connectivity index (χ2v) is 12.1. The molecular formula is C27H41NO6S. The van der Waals surface area contributed by atoms with Crippen LogP contribution < -0.4 is 0 Å². The number of carbonyl (C=O) groups is 2. The number of epoxide rings is 1. The van der Waals surface area contributed by atoms with Crippen molar-refractivity contribution in [2.45, 2.75) is 110 Å². The van der Waals surface area contributed by atoms with E-state index < -0.39 is 35.6 Å². The number of aliphatic hydroxyl groups is 2. The maximum atomic E-state index is 13.4. The highest BCUT2D eigenvalue weighted by molar-refractivity contribution is 7.09. The van der Waals surface area contributed by atoms with Crippen molar-refractivity contribution in [1.29, 1.82) is 0 Å². The molecule has 0 radical (unpaired) electrons. The molecule has 3 rings (SSSR count). The van der Waals surface area contributed by atoms with E-state index in [-0.39, 0.29) is 29.8 Å². The minimum atomic E-state index is -1.22. The molecule has 2 aliphatic heterocycles. The van der Waals surface area contributed by atoms with E-state index in [2.05, 4.69) is 11.9 Å². The number of nitrogens with zero attached hydrogens (tertiary/aromatic N) is 1. The maximum absolute atomic E-state index is 13.4. The number of Topliss-reactive ketones (excluding diaryl/α,β-unsaturated/α-hetero) is 1. The lowest BCUT2D eigenvalue weighted by atomic mass is 9.71. The van der Waals surface area contributed by atoms with Crippen LogP contribution in [0, 0.1) is 24.2 Å². The van der Waals surface area contributed by atoms with Gasteiger partial charge in [-0.2, -0.15) is 0 Å². The van der Waals surface area contributed by atoms with Crippen LogP contribution in [-0.4, -0.2) is 57.0 Å². The lowest BCUT2D eigenvalue weighted by Crippen LogP contribution is -2.46. The quantitative estimate of drug-likeness (QED) is 0.459. The van der Waals surface area contributed by atoms with Gasteiger partial charge in [-0.05, 0) is 51.2 Å². The van der Waals surface area contributed by atoms with Crippen molar-refractivity contribution in [3.8, 4) is 0 Å². The van der Waals surface area contributed by atoms with Crippen molar-refractivity contribution < 1.29 is 29.3 Å². The molecule has 196 valence electrons. The summed E-state index contributed by atoms with van der Waals surface area (Å²) in [5.74, 6) is -1.46. The zero-order valence-electron chi connectivity index (χ0n) is 21.8. The van der Waals surface area contributed by atoms with Crippen LogP contribution in [0.4, 0.5) is 0 Å². The summed E-state index contributed by atoms with van der Waals surface area (Å²) in [6.07, 6.45) is 4.23. The van der Waals surface area contributed by atoms with Crippen molar-refractivity contribution >= 4 is 29.2 Å². The van der Waals surface area contributed by atoms with Crippen molar-refractivity contribution in [1.82, 2.24) is 4.98 Å². The average molecular weight is 508 g/mol. The van der Waals surface area contributed by atoms with Gasteiger partial charge >= 0.3 is 5.97 Å². The van der Waals surface area contributed by atoms with Gasteiger partial charge in [0.25, 0.3) is 0 Å². The summed E-state index contributed by atoms with van der Waals surface area (Å²) >= 11 is 1.55. The third-order valence-corrected chi connectivity index (χ3v) is 8.61. The molecule has 0 aliphatic carbocycles. The molecule has 3 heterocycles. The van der Waals surface area contributed by atoms with Crippen LogP contribution >= 0.6 is 11.3 Å². The Morgan fingerprint density at radius 3 is 2.60 bits per heavy atom. The highest BCUT2D eigenvalue weighted by Crippen LogP contribution is 2.44. The first-order chi connectivity index (χ1) is 16.4. The molecule has 0 aromatic carbocycles. The van der Waals surface area contributed by atoms with Gasteiger partial charge in [-0.3, -0.25) is 9.59 Å². The van der Waals surface area contributed by atoms with Crippen LogP contribution in [0.25, 0.3) is 6.08 Å². The number of hydrogen-bond donors (Lipinski definition) is 2. The Hall–Kier alpha value is -1.61. The summed E-state index contributed by atoms with van der Waals surface area (Å²) in [4.78, 5) is 30.7. The average Bonchev–Trinajstić information content (AvgIpc) is 3.21. The Balaban J connectivity index is 1.83. The molecule has 8 heteroatoms. The third kappa shape index (κ3) is 6.79. The van der Waals surface area contributed by atoms with Gasteiger partial charge in [-0.15, -0.1) is 11.3 Å². The SMILES string of the molecule is CC[C@H]1C(=O)C(C)(C)C(O)CC(=O)OC(C=Cc2csc(C)n2)CC2O[C@]2(C)CCC[C@H](C)[C@@H]1O. The van der Waals surface area contributed by atoms with E-state index in [1.165, 1.54) is 0 Å². The molecule has 1 aromatic heterocycles. The predicted octanol–water partition coefficient (Wildman–Crippen LogP) is 4.48. The van der Waals surface area contributed by atoms with Crippen LogP contribution in [0.1, 0.15) is 83.8 Å². The summed E-state index contributed by atoms with van der Waals surface area (Å²) in [5.41, 5.74) is -0.682. The molecule has 2 saturated heterocycles. The first-order valence-corrected chi connectivity index (χ1v) is 13.6. The number of fused-ring (bicyclic) bond motifs is 1. The number of rotatable bonds is 3. The molecule has 2 aliphatic rings. The highest BCUT2D eigenvalue weighted by Gasteiger charge is 2.52. The molecule has 35 heavy (non-hydrogen) atoms. The number of esters is 1. The van der Waals surface area contributed by atoms with Gasteiger partial charge in [0.15, 0.2) is 0 Å². The Bertz CT molecular complexity index is 927. The second kappa shape index (κ2) is 11.2. The van der Waals surface area contributed by atoms with Crippen molar-refractivity contribution in [3.05, 3.63) is 22.2 Å². The molecule has 2 fully saturated rings. The number of aryl methyl sites for hydroxylation is 1. The molecule has 3 unspecified atom stereocenters. The van der Waals surface area contributed by atoms with Crippen LogP contribution in [0.2, 0.25) is 0 Å². The molecule has 7 nitrogen and oxygen atoms in total. The largest absolute Gasteiger partial charge is 0.458 e. The van der Waals surface area contributed by atoms with E-state index in [9.17, 15) is 19.8 Å². The molecule has 2 N–H and O–H groups in total.